The number of nitrogens with one attached hydrogen (secondary N) is 2. The van der Waals surface area contributed by atoms with Gasteiger partial charge in [-0.15, -0.1) is 21.5 Å². The van der Waals surface area contributed by atoms with Gasteiger partial charge < -0.3 is 20.5 Å². The Morgan fingerprint density at radius 3 is 3.00 bits per heavy atom. The molecule has 152 valence electrons. The number of thiophene rings is 1. The van der Waals surface area contributed by atoms with Crippen molar-refractivity contribution in [2.24, 2.45) is 5.73 Å². The lowest BCUT2D eigenvalue weighted by atomic mass is 10.1. The molecule has 0 atom stereocenters. The van der Waals surface area contributed by atoms with Gasteiger partial charge in [-0.05, 0) is 30.9 Å². The highest BCUT2D eigenvalue weighted by Crippen LogP contribution is 2.39. The quantitative estimate of drug-likeness (QED) is 0.394. The molecule has 5 rings (SSSR count). The van der Waals surface area contributed by atoms with Crippen molar-refractivity contribution in [2.75, 3.05) is 11.1 Å². The molecule has 0 bridgehead atoms. The number of para-hydroxylation sites is 1. The number of aromatic nitrogens is 3. The summed E-state index contributed by atoms with van der Waals surface area (Å²) in [7, 11) is 0. The summed E-state index contributed by atoms with van der Waals surface area (Å²) >= 11 is 2.58. The number of thioether (sulfide) groups is 1. The number of H-pyrrole nitrogens is 1. The second kappa shape index (κ2) is 7.62. The van der Waals surface area contributed by atoms with Crippen molar-refractivity contribution >= 4 is 50.8 Å². The Bertz CT molecular complexity index is 1270. The van der Waals surface area contributed by atoms with Crippen molar-refractivity contribution in [1.29, 1.82) is 0 Å². The van der Waals surface area contributed by atoms with Crippen molar-refractivity contribution < 1.29 is 14.0 Å². The standard InChI is InChI=1S/C20H17N5O3S2/c21-17(27)16-11-5-3-7-14(11)30-19(16)23-15(26)9-29-20-25-24-18(28-20)12-8-22-13-6-2-1-4-10(12)13/h1-2,4,6,8,22H,3,5,7,9H2,(H2,21,27)(H,23,26). The van der Waals surface area contributed by atoms with Crippen LogP contribution in [0.1, 0.15) is 27.2 Å². The Kier molecular flexibility index (Phi) is 4.80. The lowest BCUT2D eigenvalue weighted by Gasteiger charge is -2.04. The fourth-order valence-corrected chi connectivity index (χ4v) is 5.54. The third kappa shape index (κ3) is 3.37. The van der Waals surface area contributed by atoms with Gasteiger partial charge in [0, 0.05) is 22.0 Å². The van der Waals surface area contributed by atoms with Crippen LogP contribution in [0.5, 0.6) is 0 Å². The summed E-state index contributed by atoms with van der Waals surface area (Å²) in [6.45, 7) is 0. The number of amides is 2. The summed E-state index contributed by atoms with van der Waals surface area (Å²) in [4.78, 5) is 28.6. The Hall–Kier alpha value is -3.11. The largest absolute Gasteiger partial charge is 0.411 e. The number of primary amides is 1. The molecule has 0 spiro atoms. The highest BCUT2D eigenvalue weighted by Gasteiger charge is 2.26. The van der Waals surface area contributed by atoms with Crippen LogP contribution in [0.2, 0.25) is 0 Å². The first-order valence-electron chi connectivity index (χ1n) is 9.37. The van der Waals surface area contributed by atoms with Gasteiger partial charge in [0.15, 0.2) is 0 Å². The van der Waals surface area contributed by atoms with Gasteiger partial charge in [0.1, 0.15) is 5.00 Å². The number of carbonyl (C=O) groups excluding carboxylic acids is 2. The van der Waals surface area contributed by atoms with Crippen LogP contribution in [0.3, 0.4) is 0 Å². The van der Waals surface area contributed by atoms with Crippen LogP contribution >= 0.6 is 23.1 Å². The van der Waals surface area contributed by atoms with Gasteiger partial charge in [0.2, 0.25) is 5.91 Å². The minimum atomic E-state index is -0.502. The highest BCUT2D eigenvalue weighted by molar-refractivity contribution is 7.99. The Balaban J connectivity index is 1.26. The second-order valence-corrected chi connectivity index (χ2v) is 8.92. The number of aromatic amines is 1. The average molecular weight is 440 g/mol. The molecule has 0 aliphatic heterocycles. The van der Waals surface area contributed by atoms with E-state index in [9.17, 15) is 9.59 Å². The molecule has 10 heteroatoms. The molecule has 0 fully saturated rings. The summed E-state index contributed by atoms with van der Waals surface area (Å²) < 4.78 is 5.72. The van der Waals surface area contributed by atoms with Gasteiger partial charge in [-0.2, -0.15) is 0 Å². The lowest BCUT2D eigenvalue weighted by Crippen LogP contribution is -2.18. The number of nitrogens with two attached hydrogens (primary N) is 1. The average Bonchev–Trinajstić information content (AvgIpc) is 3.48. The second-order valence-electron chi connectivity index (χ2n) is 6.88. The number of fused-ring (bicyclic) bond motifs is 2. The molecule has 2 amide bonds. The fraction of sp³-hybridized carbons (Fsp3) is 0.200. The predicted octanol–water partition coefficient (Wildman–Crippen LogP) is 3.60. The molecule has 1 aliphatic carbocycles. The maximum Gasteiger partial charge on any atom is 0.277 e. The van der Waals surface area contributed by atoms with E-state index < -0.39 is 5.91 Å². The topological polar surface area (TPSA) is 127 Å². The number of carbonyl (C=O) groups is 2. The first-order chi connectivity index (χ1) is 14.6. The van der Waals surface area contributed by atoms with Crippen LogP contribution in [0.25, 0.3) is 22.4 Å². The van der Waals surface area contributed by atoms with E-state index in [0.717, 1.165) is 57.9 Å². The molecule has 1 aromatic carbocycles. The van der Waals surface area contributed by atoms with E-state index in [0.29, 0.717) is 21.7 Å². The molecule has 30 heavy (non-hydrogen) atoms. The molecule has 8 nitrogen and oxygen atoms in total. The maximum atomic E-state index is 12.4. The summed E-state index contributed by atoms with van der Waals surface area (Å²) in [6.07, 6.45) is 4.58. The lowest BCUT2D eigenvalue weighted by molar-refractivity contribution is -0.113. The van der Waals surface area contributed by atoms with Gasteiger partial charge >= 0.3 is 0 Å². The number of aryl methyl sites for hydroxylation is 1. The van der Waals surface area contributed by atoms with E-state index in [2.05, 4.69) is 20.5 Å². The van der Waals surface area contributed by atoms with Crippen molar-refractivity contribution in [3.8, 4) is 11.5 Å². The summed E-state index contributed by atoms with van der Waals surface area (Å²) in [5.41, 5.74) is 8.76. The number of nitrogens with zero attached hydrogens (tertiary/aromatic N) is 2. The van der Waals surface area contributed by atoms with Crippen molar-refractivity contribution in [3.63, 3.8) is 0 Å². The van der Waals surface area contributed by atoms with Crippen LogP contribution < -0.4 is 11.1 Å². The van der Waals surface area contributed by atoms with Gasteiger partial charge in [-0.1, -0.05) is 30.0 Å². The number of anilines is 1. The summed E-state index contributed by atoms with van der Waals surface area (Å²) in [5.74, 6) is -0.288. The van der Waals surface area contributed by atoms with E-state index >= 15 is 0 Å². The first-order valence-corrected chi connectivity index (χ1v) is 11.2. The van der Waals surface area contributed by atoms with E-state index in [1.165, 1.54) is 11.3 Å². The molecule has 0 radical (unpaired) electrons. The third-order valence-electron chi connectivity index (χ3n) is 4.97. The molecular weight excluding hydrogens is 422 g/mol. The molecule has 0 saturated heterocycles. The predicted molar refractivity (Wildman–Crippen MR) is 116 cm³/mol. The number of hydrogen-bond donors (Lipinski definition) is 3. The van der Waals surface area contributed by atoms with E-state index in [1.807, 2.05) is 30.5 Å². The van der Waals surface area contributed by atoms with Crippen LogP contribution in [0.4, 0.5) is 5.00 Å². The monoisotopic (exact) mass is 439 g/mol. The van der Waals surface area contributed by atoms with E-state index in [4.69, 9.17) is 10.2 Å². The van der Waals surface area contributed by atoms with Gasteiger partial charge in [0.05, 0.1) is 16.9 Å². The zero-order valence-corrected chi connectivity index (χ0v) is 17.4. The van der Waals surface area contributed by atoms with Crippen LogP contribution in [0, 0.1) is 0 Å². The molecule has 0 unspecified atom stereocenters. The minimum absolute atomic E-state index is 0.0796. The molecule has 0 saturated carbocycles. The van der Waals surface area contributed by atoms with Gasteiger partial charge in [-0.25, -0.2) is 0 Å². The van der Waals surface area contributed by atoms with Crippen molar-refractivity contribution in [2.45, 2.75) is 24.5 Å². The molecule has 3 heterocycles. The zero-order valence-electron chi connectivity index (χ0n) is 15.7. The van der Waals surface area contributed by atoms with Crippen LogP contribution in [0.15, 0.2) is 40.1 Å². The maximum absolute atomic E-state index is 12.4. The summed E-state index contributed by atoms with van der Waals surface area (Å²) in [6, 6.07) is 7.83. The highest BCUT2D eigenvalue weighted by atomic mass is 32.2. The first kappa shape index (κ1) is 18.9. The van der Waals surface area contributed by atoms with Gasteiger partial charge in [-0.3, -0.25) is 9.59 Å². The minimum Gasteiger partial charge on any atom is -0.411 e. The smallest absolute Gasteiger partial charge is 0.277 e. The molecule has 4 N–H and O–H groups in total. The van der Waals surface area contributed by atoms with Crippen LogP contribution in [-0.2, 0) is 17.6 Å². The zero-order chi connectivity index (χ0) is 20.7. The molecular formula is C20H17N5O3S2. The Morgan fingerprint density at radius 2 is 2.13 bits per heavy atom. The number of benzene rings is 1. The molecule has 3 aromatic heterocycles. The van der Waals surface area contributed by atoms with Crippen molar-refractivity contribution in [1.82, 2.24) is 15.2 Å². The third-order valence-corrected chi connectivity index (χ3v) is 7.00. The molecule has 4 aromatic rings. The Labute approximate surface area is 179 Å². The van der Waals surface area contributed by atoms with E-state index in [-0.39, 0.29) is 11.7 Å². The fourth-order valence-electron chi connectivity index (χ4n) is 3.67. The van der Waals surface area contributed by atoms with Crippen LogP contribution in [-0.4, -0.2) is 32.7 Å². The number of rotatable bonds is 6. The normalized spacial score (nSPS) is 12.9. The van der Waals surface area contributed by atoms with Crippen molar-refractivity contribution in [3.05, 3.63) is 46.5 Å². The van der Waals surface area contributed by atoms with E-state index in [1.54, 1.807) is 0 Å². The number of hydrogen-bond acceptors (Lipinski definition) is 7. The summed E-state index contributed by atoms with van der Waals surface area (Å²) in [5, 5.41) is 12.7. The molecule has 1 aliphatic rings. The Morgan fingerprint density at radius 1 is 1.27 bits per heavy atom. The van der Waals surface area contributed by atoms with Gasteiger partial charge in [0.25, 0.3) is 17.0 Å². The SMILES string of the molecule is NC(=O)c1c(NC(=O)CSc2nnc(-c3c[nH]c4ccccc34)o2)sc2c1CCC2.